The van der Waals surface area contributed by atoms with Gasteiger partial charge in [-0.15, -0.1) is 0 Å². The summed E-state index contributed by atoms with van der Waals surface area (Å²) in [5.41, 5.74) is -2.71. The second-order valence-corrected chi connectivity index (χ2v) is 5.72. The number of benzene rings is 2. The number of carbonyl (C=O) groups excluding carboxylic acids is 1. The highest BCUT2D eigenvalue weighted by molar-refractivity contribution is 6.12. The third kappa shape index (κ3) is 3.08. The van der Waals surface area contributed by atoms with Gasteiger partial charge in [-0.05, 0) is 42.7 Å². The van der Waals surface area contributed by atoms with Crippen LogP contribution in [0.25, 0.3) is 0 Å². The fourth-order valence-corrected chi connectivity index (χ4v) is 2.87. The molecule has 0 spiro atoms. The maximum absolute atomic E-state index is 12.9. The predicted molar refractivity (Wildman–Crippen MR) is 75.4 cm³/mol. The lowest BCUT2D eigenvalue weighted by molar-refractivity contribution is -0.138. The molecule has 25 heavy (non-hydrogen) atoms. The van der Waals surface area contributed by atoms with Crippen molar-refractivity contribution in [3.63, 3.8) is 0 Å². The van der Waals surface area contributed by atoms with E-state index in [9.17, 15) is 36.2 Å². The summed E-state index contributed by atoms with van der Waals surface area (Å²) in [4.78, 5) is 12.6. The van der Waals surface area contributed by atoms with Gasteiger partial charge in [-0.25, -0.2) is 0 Å². The van der Waals surface area contributed by atoms with Gasteiger partial charge in [-0.2, -0.15) is 26.3 Å². The van der Waals surface area contributed by atoms with E-state index >= 15 is 0 Å². The Morgan fingerprint density at radius 2 is 1.40 bits per heavy atom. The molecule has 0 saturated heterocycles. The van der Waals surface area contributed by atoms with Crippen LogP contribution in [-0.2, 0) is 25.2 Å². The topological polar surface area (TPSA) is 37.3 Å². The Morgan fingerprint density at radius 3 is 2.00 bits per heavy atom. The van der Waals surface area contributed by atoms with Crippen LogP contribution in [0, 0.1) is 0 Å². The van der Waals surface area contributed by atoms with Crippen LogP contribution in [0.4, 0.5) is 26.3 Å². The molecule has 1 aliphatic rings. The first kappa shape index (κ1) is 17.3. The van der Waals surface area contributed by atoms with E-state index in [1.807, 2.05) is 0 Å². The van der Waals surface area contributed by atoms with Gasteiger partial charge in [0.15, 0.2) is 5.78 Å². The molecule has 3 rings (SSSR count). The second kappa shape index (κ2) is 5.50. The summed E-state index contributed by atoms with van der Waals surface area (Å²) in [6.07, 6.45) is -9.30. The van der Waals surface area contributed by atoms with Crippen LogP contribution in [0.15, 0.2) is 30.3 Å². The van der Waals surface area contributed by atoms with Crippen molar-refractivity contribution in [2.24, 2.45) is 0 Å². The molecule has 0 bridgehead atoms. The molecule has 0 aromatic heterocycles. The number of rotatable bonds is 0. The van der Waals surface area contributed by atoms with E-state index in [2.05, 4.69) is 0 Å². The fourth-order valence-electron chi connectivity index (χ4n) is 2.87. The second-order valence-electron chi connectivity index (χ2n) is 5.72. The van der Waals surface area contributed by atoms with Gasteiger partial charge < -0.3 is 5.11 Å². The number of alkyl halides is 6. The van der Waals surface area contributed by atoms with Crippen molar-refractivity contribution in [3.05, 3.63) is 63.7 Å². The SMILES string of the molecule is O=C1c2cc(C(F)(F)F)ccc2CCc2c(O)cc(C(F)(F)F)cc21. The molecule has 0 unspecified atom stereocenters. The Bertz CT molecular complexity index is 865. The van der Waals surface area contributed by atoms with Crippen LogP contribution < -0.4 is 0 Å². The summed E-state index contributed by atoms with van der Waals surface area (Å²) in [6.45, 7) is 0. The minimum Gasteiger partial charge on any atom is -0.508 e. The summed E-state index contributed by atoms with van der Waals surface area (Å²) >= 11 is 0. The average molecular weight is 360 g/mol. The molecule has 1 aliphatic carbocycles. The van der Waals surface area contributed by atoms with Crippen LogP contribution in [0.5, 0.6) is 5.75 Å². The number of halogens is 6. The quantitative estimate of drug-likeness (QED) is 0.688. The van der Waals surface area contributed by atoms with Crippen LogP contribution in [0.3, 0.4) is 0 Å². The maximum atomic E-state index is 12.9. The number of aryl methyl sites for hydroxylation is 1. The van der Waals surface area contributed by atoms with Crippen molar-refractivity contribution in [1.82, 2.24) is 0 Å². The zero-order valence-corrected chi connectivity index (χ0v) is 12.4. The highest BCUT2D eigenvalue weighted by Crippen LogP contribution is 2.38. The molecule has 0 atom stereocenters. The maximum Gasteiger partial charge on any atom is 0.416 e. The first-order valence-corrected chi connectivity index (χ1v) is 7.16. The minimum absolute atomic E-state index is 0.00255. The Kier molecular flexibility index (Phi) is 3.81. The highest BCUT2D eigenvalue weighted by Gasteiger charge is 2.36. The zero-order valence-electron chi connectivity index (χ0n) is 12.4. The van der Waals surface area contributed by atoms with Gasteiger partial charge in [0.25, 0.3) is 0 Å². The molecule has 1 N–H and O–H groups in total. The molecular weight excluding hydrogens is 350 g/mol. The number of phenols is 1. The Balaban J connectivity index is 2.20. The summed E-state index contributed by atoms with van der Waals surface area (Å²) < 4.78 is 77.3. The average Bonchev–Trinajstić information content (AvgIpc) is 2.63. The van der Waals surface area contributed by atoms with E-state index in [0.29, 0.717) is 23.8 Å². The standard InChI is InChI=1S/C17H10F6O2/c18-16(19,20)9-3-1-8-2-4-11-13(15(25)12(8)5-9)6-10(7-14(11)24)17(21,22)23/h1,3,5-7,24H,2,4H2. The van der Waals surface area contributed by atoms with Gasteiger partial charge in [0, 0.05) is 16.7 Å². The number of hydrogen-bond donors (Lipinski definition) is 1. The number of ketones is 1. The van der Waals surface area contributed by atoms with Crippen LogP contribution >= 0.6 is 0 Å². The molecule has 0 aliphatic heterocycles. The molecule has 2 nitrogen and oxygen atoms in total. The van der Waals surface area contributed by atoms with E-state index in [1.54, 1.807) is 0 Å². The summed E-state index contributed by atoms with van der Waals surface area (Å²) in [7, 11) is 0. The molecule has 8 heteroatoms. The Hall–Kier alpha value is -2.51. The van der Waals surface area contributed by atoms with E-state index in [4.69, 9.17) is 0 Å². The van der Waals surface area contributed by atoms with Gasteiger partial charge in [0.1, 0.15) is 5.75 Å². The third-order valence-electron chi connectivity index (χ3n) is 4.12. The Morgan fingerprint density at radius 1 is 0.800 bits per heavy atom. The minimum atomic E-state index is -4.80. The number of fused-ring (bicyclic) bond motifs is 2. The van der Waals surface area contributed by atoms with E-state index < -0.39 is 40.6 Å². The van der Waals surface area contributed by atoms with Crippen molar-refractivity contribution in [3.8, 4) is 5.75 Å². The summed E-state index contributed by atoms with van der Waals surface area (Å²) in [6, 6.07) is 3.70. The number of phenolic OH excluding ortho intramolecular Hbond substituents is 1. The number of aromatic hydroxyl groups is 1. The molecule has 0 heterocycles. The van der Waals surface area contributed by atoms with Crippen LogP contribution in [0.2, 0.25) is 0 Å². The van der Waals surface area contributed by atoms with Crippen molar-refractivity contribution in [1.29, 1.82) is 0 Å². The first-order valence-electron chi connectivity index (χ1n) is 7.16. The lowest BCUT2D eigenvalue weighted by atomic mass is 9.95. The number of carbonyl (C=O) groups is 1. The normalized spacial score (nSPS) is 14.7. The van der Waals surface area contributed by atoms with E-state index in [-0.39, 0.29) is 24.0 Å². The summed E-state index contributed by atoms with van der Waals surface area (Å²) in [5.74, 6) is -1.66. The third-order valence-corrected chi connectivity index (χ3v) is 4.12. The lowest BCUT2D eigenvalue weighted by Gasteiger charge is -2.13. The van der Waals surface area contributed by atoms with Crippen LogP contribution in [0.1, 0.15) is 38.2 Å². The highest BCUT2D eigenvalue weighted by atomic mass is 19.4. The van der Waals surface area contributed by atoms with Crippen molar-refractivity contribution < 1.29 is 36.2 Å². The van der Waals surface area contributed by atoms with Gasteiger partial charge in [-0.1, -0.05) is 6.07 Å². The lowest BCUT2D eigenvalue weighted by Crippen LogP contribution is -2.12. The molecular formula is C17H10F6O2. The fraction of sp³-hybridized carbons (Fsp3) is 0.235. The zero-order chi connectivity index (χ0) is 18.6. The smallest absolute Gasteiger partial charge is 0.416 e. The van der Waals surface area contributed by atoms with Gasteiger partial charge in [-0.3, -0.25) is 4.79 Å². The van der Waals surface area contributed by atoms with Crippen molar-refractivity contribution >= 4 is 5.78 Å². The molecule has 0 amide bonds. The van der Waals surface area contributed by atoms with Crippen LogP contribution in [-0.4, -0.2) is 10.9 Å². The monoisotopic (exact) mass is 360 g/mol. The largest absolute Gasteiger partial charge is 0.508 e. The van der Waals surface area contributed by atoms with Crippen molar-refractivity contribution in [2.75, 3.05) is 0 Å². The van der Waals surface area contributed by atoms with E-state index in [1.165, 1.54) is 0 Å². The Labute approximate surface area is 137 Å². The van der Waals surface area contributed by atoms with E-state index in [0.717, 1.165) is 12.1 Å². The molecule has 0 radical (unpaired) electrons. The molecule has 2 aromatic rings. The summed E-state index contributed by atoms with van der Waals surface area (Å²) in [5, 5.41) is 9.87. The molecule has 0 saturated carbocycles. The molecule has 2 aromatic carbocycles. The molecule has 0 fully saturated rings. The first-order chi connectivity index (χ1) is 11.5. The van der Waals surface area contributed by atoms with Gasteiger partial charge >= 0.3 is 12.4 Å². The van der Waals surface area contributed by atoms with Gasteiger partial charge in [0.2, 0.25) is 0 Å². The van der Waals surface area contributed by atoms with Gasteiger partial charge in [0.05, 0.1) is 11.1 Å². The van der Waals surface area contributed by atoms with Crippen molar-refractivity contribution in [2.45, 2.75) is 25.2 Å². The molecule has 132 valence electrons. The number of hydrogen-bond acceptors (Lipinski definition) is 2. The predicted octanol–water partition coefficient (Wildman–Crippen LogP) is 4.76.